The second kappa shape index (κ2) is 6.60. The summed E-state index contributed by atoms with van der Waals surface area (Å²) < 4.78 is 0. The van der Waals surface area contributed by atoms with Gasteiger partial charge in [-0.15, -0.1) is 0 Å². The van der Waals surface area contributed by atoms with Crippen LogP contribution < -0.4 is 11.1 Å². The third-order valence-electron chi connectivity index (χ3n) is 3.38. The molecule has 1 aromatic rings. The van der Waals surface area contributed by atoms with Crippen molar-refractivity contribution >= 4 is 29.1 Å². The van der Waals surface area contributed by atoms with Gasteiger partial charge in [0.25, 0.3) is 0 Å². The Kier molecular flexibility index (Phi) is 5.08. The van der Waals surface area contributed by atoms with Crippen molar-refractivity contribution in [1.29, 1.82) is 0 Å². The Morgan fingerprint density at radius 2 is 2.16 bits per heavy atom. The Morgan fingerprint density at radius 3 is 2.79 bits per heavy atom. The van der Waals surface area contributed by atoms with E-state index < -0.39 is 0 Å². The average Bonchev–Trinajstić information content (AvgIpc) is 3.16. The number of rotatable bonds is 6. The van der Waals surface area contributed by atoms with E-state index in [1.807, 2.05) is 6.07 Å². The predicted octanol–water partition coefficient (Wildman–Crippen LogP) is 2.78. The zero-order valence-electron chi connectivity index (χ0n) is 10.7. The third kappa shape index (κ3) is 4.68. The Bertz CT molecular complexity index is 461. The van der Waals surface area contributed by atoms with E-state index >= 15 is 0 Å². The number of carbonyl (C=O) groups is 1. The number of amides is 1. The van der Waals surface area contributed by atoms with Gasteiger partial charge in [0.2, 0.25) is 5.91 Å². The molecule has 0 radical (unpaired) electrons. The van der Waals surface area contributed by atoms with Crippen LogP contribution in [0.4, 0.5) is 0 Å². The molecule has 3 nitrogen and oxygen atoms in total. The molecule has 0 spiro atoms. The molecule has 1 amide bonds. The van der Waals surface area contributed by atoms with Crippen molar-refractivity contribution in [2.24, 2.45) is 11.7 Å². The highest BCUT2D eigenvalue weighted by Crippen LogP contribution is 2.32. The molecule has 0 bridgehead atoms. The van der Waals surface area contributed by atoms with Crippen molar-refractivity contribution in [3.63, 3.8) is 0 Å². The lowest BCUT2D eigenvalue weighted by Gasteiger charge is -2.11. The van der Waals surface area contributed by atoms with E-state index in [0.29, 0.717) is 35.3 Å². The number of carbonyl (C=O) groups excluding carboxylic acids is 1. The molecule has 1 aliphatic carbocycles. The van der Waals surface area contributed by atoms with Crippen molar-refractivity contribution in [1.82, 2.24) is 5.32 Å². The van der Waals surface area contributed by atoms with Gasteiger partial charge in [-0.05, 0) is 42.9 Å². The molecule has 1 atom stereocenters. The van der Waals surface area contributed by atoms with Crippen LogP contribution in [0.5, 0.6) is 0 Å². The zero-order valence-corrected chi connectivity index (χ0v) is 12.2. The SMILES string of the molecule is NC(CC(=O)NCCc1ccc(Cl)cc1Cl)C1CC1. The second-order valence-corrected chi connectivity index (χ2v) is 5.88. The maximum absolute atomic E-state index is 11.7. The first-order chi connectivity index (χ1) is 9.06. The quantitative estimate of drug-likeness (QED) is 0.849. The molecular weight excluding hydrogens is 283 g/mol. The lowest BCUT2D eigenvalue weighted by molar-refractivity contribution is -0.121. The van der Waals surface area contributed by atoms with Gasteiger partial charge < -0.3 is 11.1 Å². The van der Waals surface area contributed by atoms with Crippen LogP contribution in [-0.2, 0) is 11.2 Å². The lowest BCUT2D eigenvalue weighted by atomic mass is 10.1. The summed E-state index contributed by atoms with van der Waals surface area (Å²) in [5.41, 5.74) is 6.89. The molecule has 1 saturated carbocycles. The van der Waals surface area contributed by atoms with Gasteiger partial charge in [0.1, 0.15) is 0 Å². The van der Waals surface area contributed by atoms with Gasteiger partial charge in [-0.2, -0.15) is 0 Å². The van der Waals surface area contributed by atoms with Crippen molar-refractivity contribution in [2.45, 2.75) is 31.7 Å². The standard InChI is InChI=1S/C14H18Cl2N2O/c15-11-4-3-9(12(16)7-11)5-6-18-14(19)8-13(17)10-1-2-10/h3-4,7,10,13H,1-2,5-6,8,17H2,(H,18,19). The number of benzene rings is 1. The van der Waals surface area contributed by atoms with Gasteiger partial charge in [0.15, 0.2) is 0 Å². The third-order valence-corrected chi connectivity index (χ3v) is 3.97. The number of hydrogen-bond donors (Lipinski definition) is 2. The first-order valence-corrected chi connectivity index (χ1v) is 7.28. The number of hydrogen-bond acceptors (Lipinski definition) is 2. The molecule has 2 rings (SSSR count). The smallest absolute Gasteiger partial charge is 0.221 e. The first kappa shape index (κ1) is 14.6. The van der Waals surface area contributed by atoms with E-state index in [4.69, 9.17) is 28.9 Å². The number of halogens is 2. The largest absolute Gasteiger partial charge is 0.356 e. The molecule has 0 aromatic heterocycles. The van der Waals surface area contributed by atoms with Gasteiger partial charge in [0, 0.05) is 29.1 Å². The predicted molar refractivity (Wildman–Crippen MR) is 78.5 cm³/mol. The molecule has 104 valence electrons. The van der Waals surface area contributed by atoms with E-state index in [2.05, 4.69) is 5.32 Å². The molecule has 0 aliphatic heterocycles. The average molecular weight is 301 g/mol. The summed E-state index contributed by atoms with van der Waals surface area (Å²) in [6, 6.07) is 5.41. The molecule has 5 heteroatoms. The van der Waals surface area contributed by atoms with Crippen molar-refractivity contribution in [3.05, 3.63) is 33.8 Å². The molecule has 0 saturated heterocycles. The van der Waals surface area contributed by atoms with Crippen LogP contribution in [0.1, 0.15) is 24.8 Å². The summed E-state index contributed by atoms with van der Waals surface area (Å²) in [7, 11) is 0. The Hall–Kier alpha value is -0.770. The van der Waals surface area contributed by atoms with Gasteiger partial charge in [0.05, 0.1) is 0 Å². The fourth-order valence-electron chi connectivity index (χ4n) is 2.04. The monoisotopic (exact) mass is 300 g/mol. The van der Waals surface area contributed by atoms with E-state index in [1.165, 1.54) is 0 Å². The van der Waals surface area contributed by atoms with Gasteiger partial charge in [-0.3, -0.25) is 4.79 Å². The molecule has 19 heavy (non-hydrogen) atoms. The van der Waals surface area contributed by atoms with E-state index in [0.717, 1.165) is 18.4 Å². The van der Waals surface area contributed by atoms with E-state index in [-0.39, 0.29) is 11.9 Å². The molecular formula is C14H18Cl2N2O. The van der Waals surface area contributed by atoms with Crippen molar-refractivity contribution in [2.75, 3.05) is 6.54 Å². The summed E-state index contributed by atoms with van der Waals surface area (Å²) in [4.78, 5) is 11.7. The Balaban J connectivity index is 1.71. The summed E-state index contributed by atoms with van der Waals surface area (Å²) in [6.45, 7) is 0.567. The van der Waals surface area contributed by atoms with Gasteiger partial charge >= 0.3 is 0 Å². The van der Waals surface area contributed by atoms with Crippen LogP contribution in [0.25, 0.3) is 0 Å². The lowest BCUT2D eigenvalue weighted by Crippen LogP contribution is -2.33. The number of nitrogens with one attached hydrogen (secondary N) is 1. The highest BCUT2D eigenvalue weighted by Gasteiger charge is 2.29. The van der Waals surface area contributed by atoms with E-state index in [1.54, 1.807) is 12.1 Å². The highest BCUT2D eigenvalue weighted by atomic mass is 35.5. The summed E-state index contributed by atoms with van der Waals surface area (Å²) >= 11 is 11.9. The fourth-order valence-corrected chi connectivity index (χ4v) is 2.54. The fraction of sp³-hybridized carbons (Fsp3) is 0.500. The van der Waals surface area contributed by atoms with E-state index in [9.17, 15) is 4.79 Å². The molecule has 1 aromatic carbocycles. The Labute approximate surface area is 123 Å². The normalized spacial score (nSPS) is 16.2. The van der Waals surface area contributed by atoms with Gasteiger partial charge in [-0.1, -0.05) is 29.3 Å². The van der Waals surface area contributed by atoms with Crippen LogP contribution in [-0.4, -0.2) is 18.5 Å². The molecule has 1 fully saturated rings. The minimum absolute atomic E-state index is 0.0131. The molecule has 1 aliphatic rings. The zero-order chi connectivity index (χ0) is 13.8. The Morgan fingerprint density at radius 1 is 1.42 bits per heavy atom. The minimum Gasteiger partial charge on any atom is -0.356 e. The maximum atomic E-state index is 11.7. The maximum Gasteiger partial charge on any atom is 0.221 e. The van der Waals surface area contributed by atoms with Crippen LogP contribution in [0.15, 0.2) is 18.2 Å². The first-order valence-electron chi connectivity index (χ1n) is 6.52. The molecule has 3 N–H and O–H groups in total. The van der Waals surface area contributed by atoms with Gasteiger partial charge in [-0.25, -0.2) is 0 Å². The molecule has 1 unspecified atom stereocenters. The van der Waals surface area contributed by atoms with Crippen LogP contribution >= 0.6 is 23.2 Å². The topological polar surface area (TPSA) is 55.1 Å². The van der Waals surface area contributed by atoms with Crippen LogP contribution in [0.2, 0.25) is 10.0 Å². The van der Waals surface area contributed by atoms with Crippen LogP contribution in [0.3, 0.4) is 0 Å². The van der Waals surface area contributed by atoms with Crippen molar-refractivity contribution < 1.29 is 4.79 Å². The number of nitrogens with two attached hydrogens (primary N) is 1. The minimum atomic E-state index is 0.0131. The summed E-state index contributed by atoms with van der Waals surface area (Å²) in [5, 5.41) is 4.13. The summed E-state index contributed by atoms with van der Waals surface area (Å²) in [5.74, 6) is 0.570. The van der Waals surface area contributed by atoms with Crippen molar-refractivity contribution in [3.8, 4) is 0 Å². The second-order valence-electron chi connectivity index (χ2n) is 5.04. The molecule has 0 heterocycles. The highest BCUT2D eigenvalue weighted by molar-refractivity contribution is 6.35. The van der Waals surface area contributed by atoms with Crippen LogP contribution in [0, 0.1) is 5.92 Å². The summed E-state index contributed by atoms with van der Waals surface area (Å²) in [6.07, 6.45) is 3.43.